The molecule has 0 aromatic carbocycles. The first-order valence-corrected chi connectivity index (χ1v) is 24.1. The number of rotatable bonds is 12. The molecule has 1 aliphatic rings. The fourth-order valence-corrected chi connectivity index (χ4v) is 18.8. The minimum absolute atomic E-state index is 0.0770. The molecule has 6 nitrogen and oxygen atoms in total. The second kappa shape index (κ2) is 9.91. The Hall–Kier alpha value is 0.0613. The molecule has 0 aliphatic carbocycles. The van der Waals surface area contributed by atoms with Crippen molar-refractivity contribution in [3.63, 3.8) is 0 Å². The maximum Gasteiger partial charge on any atom is 0.254 e. The minimum Gasteiger partial charge on any atom is -0.461 e. The lowest BCUT2D eigenvalue weighted by atomic mass is 10.1. The average molecular weight is 494 g/mol. The molecule has 0 bridgehead atoms. The van der Waals surface area contributed by atoms with E-state index in [9.17, 15) is 9.59 Å². The fourth-order valence-electron chi connectivity index (χ4n) is 2.49. The van der Waals surface area contributed by atoms with Gasteiger partial charge in [0.2, 0.25) is 0 Å². The molecule has 12 heteroatoms. The Morgan fingerprint density at radius 1 is 0.821 bits per heavy atom. The van der Waals surface area contributed by atoms with E-state index in [1.807, 2.05) is 0 Å². The minimum atomic E-state index is -1.63. The van der Waals surface area contributed by atoms with Crippen LogP contribution in [-0.2, 0) is 21.9 Å². The van der Waals surface area contributed by atoms with Crippen molar-refractivity contribution in [3.05, 3.63) is 11.6 Å². The van der Waals surface area contributed by atoms with Gasteiger partial charge in [-0.2, -0.15) is 0 Å². The van der Waals surface area contributed by atoms with Crippen LogP contribution >= 0.6 is 0 Å². The predicted octanol–water partition coefficient (Wildman–Crippen LogP) is 1.23. The van der Waals surface area contributed by atoms with Crippen LogP contribution in [0.2, 0.25) is 63.2 Å². The smallest absolute Gasteiger partial charge is 0.254 e. The number of carbonyl (C=O) groups excluding carboxylic acids is 2. The first-order valence-electron chi connectivity index (χ1n) is 9.98. The van der Waals surface area contributed by atoms with Crippen LogP contribution in [0.4, 0.5) is 0 Å². The van der Waals surface area contributed by atoms with Crippen LogP contribution in [0.3, 0.4) is 0 Å². The summed E-state index contributed by atoms with van der Waals surface area (Å²) in [7, 11) is -7.46. The molecule has 1 rings (SSSR count). The Labute approximate surface area is 180 Å². The molecule has 1 aliphatic heterocycles. The lowest BCUT2D eigenvalue weighted by molar-refractivity contribution is -0.123. The number of amides is 2. The highest BCUT2D eigenvalue weighted by Gasteiger charge is 2.39. The molecule has 0 saturated heterocycles. The first kappa shape index (κ1) is 26.1. The highest BCUT2D eigenvalue weighted by atomic mass is 28.4. The zero-order valence-corrected chi connectivity index (χ0v) is 26.4. The van der Waals surface area contributed by atoms with Crippen molar-refractivity contribution < 1.29 is 21.9 Å². The van der Waals surface area contributed by atoms with Gasteiger partial charge in [0.15, 0.2) is 54.2 Å². The summed E-state index contributed by atoms with van der Waals surface area (Å²) >= 11 is 0. The van der Waals surface area contributed by atoms with Gasteiger partial charge in [-0.1, -0.05) is 0 Å². The van der Waals surface area contributed by atoms with Crippen molar-refractivity contribution in [2.45, 2.75) is 76.0 Å². The van der Waals surface area contributed by atoms with E-state index in [2.05, 4.69) is 64.2 Å². The topological polar surface area (TPSA) is 73.9 Å². The zero-order chi connectivity index (χ0) is 21.8. The van der Waals surface area contributed by atoms with E-state index in [0.29, 0.717) is 12.0 Å². The van der Waals surface area contributed by atoms with Gasteiger partial charge < -0.3 is 12.3 Å². The maximum atomic E-state index is 12.0. The average Bonchev–Trinajstić information content (AvgIpc) is 2.81. The van der Waals surface area contributed by atoms with Crippen LogP contribution in [-0.4, -0.2) is 66.1 Å². The van der Waals surface area contributed by atoms with E-state index in [1.54, 1.807) is 0 Å². The van der Waals surface area contributed by atoms with Crippen LogP contribution < -0.4 is 5.32 Å². The van der Waals surface area contributed by atoms with Crippen molar-refractivity contribution >= 4 is 66.1 Å². The molecular weight excluding hydrogens is 455 g/mol. The Morgan fingerprint density at radius 3 is 1.50 bits per heavy atom. The lowest BCUT2D eigenvalue weighted by Gasteiger charge is -2.38. The monoisotopic (exact) mass is 493 g/mol. The van der Waals surface area contributed by atoms with E-state index in [1.165, 1.54) is 6.08 Å². The zero-order valence-electron chi connectivity index (χ0n) is 19.2. The summed E-state index contributed by atoms with van der Waals surface area (Å²) in [5.74, 6) is -0.542. The summed E-state index contributed by atoms with van der Waals surface area (Å²) < 4.78 is 19.6. The third-order valence-corrected chi connectivity index (χ3v) is 22.9. The second-order valence-electron chi connectivity index (χ2n) is 10.7. The number of hydrogen-bond donors (Lipinski definition) is 1. The van der Waals surface area contributed by atoms with Gasteiger partial charge in [0.25, 0.3) is 11.8 Å². The van der Waals surface area contributed by atoms with Gasteiger partial charge >= 0.3 is 0 Å². The molecule has 0 fully saturated rings. The number of hydrogen-bond acceptors (Lipinski definition) is 5. The molecular formula is C16H39NO5Si6. The predicted molar refractivity (Wildman–Crippen MR) is 132 cm³/mol. The van der Waals surface area contributed by atoms with Gasteiger partial charge in [0.1, 0.15) is 0 Å². The highest BCUT2D eigenvalue weighted by Crippen LogP contribution is 2.34. The first-order chi connectivity index (χ1) is 12.5. The van der Waals surface area contributed by atoms with Crippen molar-refractivity contribution in [2.75, 3.05) is 0 Å². The molecule has 2 amide bonds. The highest BCUT2D eigenvalue weighted by molar-refractivity contribution is 6.86. The summed E-state index contributed by atoms with van der Waals surface area (Å²) in [6, 6.07) is 0. The van der Waals surface area contributed by atoms with Crippen LogP contribution in [0.5, 0.6) is 0 Å². The van der Waals surface area contributed by atoms with E-state index in [-0.39, 0.29) is 16.1 Å². The van der Waals surface area contributed by atoms with E-state index in [4.69, 9.17) is 12.3 Å². The standard InChI is InChI=1S/C16H39NO5Si6/c1-26(2,3)20-23-16(24-21-27(4,5)6,25-22-28(7,8)9)11-10-13-12-14(18)17-15(13)19/h12H,10-11,23-25H2,1-9H3,(H,17,18,19). The Morgan fingerprint density at radius 2 is 1.21 bits per heavy atom. The lowest BCUT2D eigenvalue weighted by Crippen LogP contribution is -2.47. The molecule has 0 aromatic heterocycles. The summed E-state index contributed by atoms with van der Waals surface area (Å²) in [5.41, 5.74) is 0.598. The van der Waals surface area contributed by atoms with Gasteiger partial charge in [-0.25, -0.2) is 0 Å². The van der Waals surface area contributed by atoms with Gasteiger partial charge in [0.05, 0.1) is 0 Å². The normalized spacial score (nSPS) is 19.4. The fraction of sp³-hybridized carbons (Fsp3) is 0.750. The molecule has 162 valence electrons. The van der Waals surface area contributed by atoms with E-state index in [0.717, 1.165) is 6.42 Å². The van der Waals surface area contributed by atoms with Gasteiger partial charge in [-0.05, 0) is 71.8 Å². The van der Waals surface area contributed by atoms with Gasteiger partial charge in [0, 0.05) is 15.9 Å². The molecule has 0 saturated carbocycles. The van der Waals surface area contributed by atoms with Crippen LogP contribution in [0.1, 0.15) is 12.8 Å². The Bertz CT molecular complexity index is 561. The summed E-state index contributed by atoms with van der Waals surface area (Å²) in [6.45, 7) is 20.1. The van der Waals surface area contributed by atoms with Crippen molar-refractivity contribution in [1.82, 2.24) is 5.32 Å². The van der Waals surface area contributed by atoms with Crippen LogP contribution in [0.25, 0.3) is 0 Å². The largest absolute Gasteiger partial charge is 0.461 e. The Kier molecular flexibility index (Phi) is 9.24. The molecule has 28 heavy (non-hydrogen) atoms. The van der Waals surface area contributed by atoms with Crippen LogP contribution in [0, 0.1) is 0 Å². The third-order valence-electron chi connectivity index (χ3n) is 4.19. The summed E-state index contributed by atoms with van der Waals surface area (Å²) in [4.78, 5) is 23.5. The quantitative estimate of drug-likeness (QED) is 0.327. The summed E-state index contributed by atoms with van der Waals surface area (Å²) in [6.07, 6.45) is 2.93. The molecule has 1 N–H and O–H groups in total. The molecule has 0 atom stereocenters. The van der Waals surface area contributed by atoms with Gasteiger partial charge in [-0.3, -0.25) is 14.9 Å². The van der Waals surface area contributed by atoms with Gasteiger partial charge in [-0.15, -0.1) is 0 Å². The van der Waals surface area contributed by atoms with E-state index < -0.39 is 54.2 Å². The molecule has 1 heterocycles. The molecule has 0 radical (unpaired) electrons. The molecule has 0 spiro atoms. The van der Waals surface area contributed by atoms with Crippen molar-refractivity contribution in [2.24, 2.45) is 0 Å². The molecule has 0 unspecified atom stereocenters. The number of nitrogens with one attached hydrogen (secondary N) is 1. The van der Waals surface area contributed by atoms with E-state index >= 15 is 0 Å². The molecule has 0 aromatic rings. The van der Waals surface area contributed by atoms with Crippen molar-refractivity contribution in [1.29, 1.82) is 0 Å². The van der Waals surface area contributed by atoms with Crippen LogP contribution in [0.15, 0.2) is 11.6 Å². The maximum absolute atomic E-state index is 12.0. The summed E-state index contributed by atoms with van der Waals surface area (Å²) in [5, 5.41) is 2.36. The second-order valence-corrected chi connectivity index (χ2v) is 35.2. The number of carbonyl (C=O) groups is 2. The SMILES string of the molecule is C[Si](C)(C)O[SiH2]C(CCC1=CC(=O)NC1=O)([SiH2]O[Si](C)(C)C)[SiH2]O[Si](C)(C)C. The number of imide groups is 1. The van der Waals surface area contributed by atoms with Crippen molar-refractivity contribution in [3.8, 4) is 0 Å². The third kappa shape index (κ3) is 10.7. The Balaban J connectivity index is 3.05.